The van der Waals surface area contributed by atoms with Gasteiger partial charge in [-0.1, -0.05) is 42.0 Å². The predicted octanol–water partition coefficient (Wildman–Crippen LogP) is 4.75. The molecular formula is C25H25N5OS. The Hall–Kier alpha value is -3.19. The first kappa shape index (κ1) is 19.5. The summed E-state index contributed by atoms with van der Waals surface area (Å²) in [7, 11) is 0. The molecule has 1 amide bonds. The van der Waals surface area contributed by atoms with Gasteiger partial charge < -0.3 is 15.2 Å². The SMILES string of the molecule is O=C(c1cc2ccccc2[nH]1)N1CCc2nc(NCC3(c4ccccn4)CCC3)sc2C1. The maximum Gasteiger partial charge on any atom is 0.270 e. The highest BCUT2D eigenvalue weighted by atomic mass is 32.1. The molecule has 0 unspecified atom stereocenters. The number of fused-ring (bicyclic) bond motifs is 2. The van der Waals surface area contributed by atoms with Crippen molar-refractivity contribution in [3.8, 4) is 0 Å². The lowest BCUT2D eigenvalue weighted by Crippen LogP contribution is -2.41. The van der Waals surface area contributed by atoms with Gasteiger partial charge in [0.1, 0.15) is 5.69 Å². The molecule has 162 valence electrons. The van der Waals surface area contributed by atoms with E-state index in [1.54, 1.807) is 11.3 Å². The summed E-state index contributed by atoms with van der Waals surface area (Å²) < 4.78 is 0. The van der Waals surface area contributed by atoms with E-state index in [2.05, 4.69) is 27.4 Å². The summed E-state index contributed by atoms with van der Waals surface area (Å²) in [6.07, 6.45) is 6.25. The van der Waals surface area contributed by atoms with Crippen molar-refractivity contribution in [1.82, 2.24) is 19.9 Å². The topological polar surface area (TPSA) is 73.9 Å². The quantitative estimate of drug-likeness (QED) is 0.467. The Labute approximate surface area is 190 Å². The second-order valence-corrected chi connectivity index (χ2v) is 9.92. The molecule has 1 aromatic carbocycles. The number of aromatic amines is 1. The van der Waals surface area contributed by atoms with Gasteiger partial charge in [0.15, 0.2) is 5.13 Å². The van der Waals surface area contributed by atoms with E-state index in [1.165, 1.54) is 17.0 Å². The zero-order valence-corrected chi connectivity index (χ0v) is 18.6. The van der Waals surface area contributed by atoms with E-state index < -0.39 is 0 Å². The van der Waals surface area contributed by atoms with Crippen molar-refractivity contribution in [3.63, 3.8) is 0 Å². The number of nitrogens with zero attached hydrogens (tertiary/aromatic N) is 3. The van der Waals surface area contributed by atoms with E-state index in [9.17, 15) is 4.79 Å². The molecule has 2 N–H and O–H groups in total. The van der Waals surface area contributed by atoms with Crippen LogP contribution in [0.3, 0.4) is 0 Å². The summed E-state index contributed by atoms with van der Waals surface area (Å²) in [5.41, 5.74) is 4.06. The maximum absolute atomic E-state index is 13.1. The fraction of sp³-hybridized carbons (Fsp3) is 0.320. The third-order valence-corrected chi connectivity index (χ3v) is 7.92. The van der Waals surface area contributed by atoms with Crippen molar-refractivity contribution in [3.05, 3.63) is 76.7 Å². The molecule has 6 rings (SSSR count). The van der Waals surface area contributed by atoms with Crippen LogP contribution in [0.5, 0.6) is 0 Å². The number of thiazole rings is 1. The minimum Gasteiger partial charge on any atom is -0.361 e. The summed E-state index contributed by atoms with van der Waals surface area (Å²) in [6.45, 7) is 2.17. The highest BCUT2D eigenvalue weighted by Gasteiger charge is 2.40. The Morgan fingerprint density at radius 3 is 2.84 bits per heavy atom. The van der Waals surface area contributed by atoms with Crippen LogP contribution in [0.15, 0.2) is 54.7 Å². The molecule has 32 heavy (non-hydrogen) atoms. The van der Waals surface area contributed by atoms with Gasteiger partial charge in [-0.3, -0.25) is 9.78 Å². The number of rotatable bonds is 5. The van der Waals surface area contributed by atoms with Crippen LogP contribution in [-0.4, -0.2) is 38.8 Å². The van der Waals surface area contributed by atoms with Gasteiger partial charge in [0.2, 0.25) is 0 Å². The highest BCUT2D eigenvalue weighted by Crippen LogP contribution is 2.43. The van der Waals surface area contributed by atoms with Gasteiger partial charge in [0.05, 0.1) is 12.2 Å². The van der Waals surface area contributed by atoms with E-state index in [4.69, 9.17) is 4.98 Å². The Morgan fingerprint density at radius 1 is 1.19 bits per heavy atom. The van der Waals surface area contributed by atoms with E-state index in [1.807, 2.05) is 47.5 Å². The van der Waals surface area contributed by atoms with Gasteiger partial charge in [-0.2, -0.15) is 0 Å². The third-order valence-electron chi connectivity index (χ3n) is 6.88. The molecule has 1 fully saturated rings. The summed E-state index contributed by atoms with van der Waals surface area (Å²) >= 11 is 1.68. The maximum atomic E-state index is 13.1. The molecular weight excluding hydrogens is 418 g/mol. The van der Waals surface area contributed by atoms with Crippen LogP contribution in [0, 0.1) is 0 Å². The van der Waals surface area contributed by atoms with Crippen LogP contribution in [0.25, 0.3) is 10.9 Å². The zero-order chi connectivity index (χ0) is 21.5. The smallest absolute Gasteiger partial charge is 0.270 e. The molecule has 0 radical (unpaired) electrons. The number of carbonyl (C=O) groups is 1. The van der Waals surface area contributed by atoms with E-state index in [-0.39, 0.29) is 11.3 Å². The molecule has 4 aromatic rings. The number of H-pyrrole nitrogens is 1. The lowest BCUT2D eigenvalue weighted by Gasteiger charge is -2.41. The van der Waals surface area contributed by atoms with Crippen molar-refractivity contribution < 1.29 is 4.79 Å². The minimum atomic E-state index is 0.0540. The van der Waals surface area contributed by atoms with Gasteiger partial charge in [0, 0.05) is 52.6 Å². The monoisotopic (exact) mass is 443 g/mol. The van der Waals surface area contributed by atoms with E-state index >= 15 is 0 Å². The molecule has 1 aliphatic heterocycles. The number of nitrogens with one attached hydrogen (secondary N) is 2. The lowest BCUT2D eigenvalue weighted by molar-refractivity contribution is 0.0731. The third kappa shape index (κ3) is 3.37. The van der Waals surface area contributed by atoms with Gasteiger partial charge >= 0.3 is 0 Å². The van der Waals surface area contributed by atoms with E-state index in [0.717, 1.165) is 47.5 Å². The molecule has 7 heteroatoms. The lowest BCUT2D eigenvalue weighted by atomic mass is 9.66. The molecule has 4 heterocycles. The second-order valence-electron chi connectivity index (χ2n) is 8.84. The first-order valence-corrected chi connectivity index (χ1v) is 12.0. The van der Waals surface area contributed by atoms with E-state index in [0.29, 0.717) is 18.8 Å². The average molecular weight is 444 g/mol. The van der Waals surface area contributed by atoms with Gasteiger partial charge in [0.25, 0.3) is 5.91 Å². The van der Waals surface area contributed by atoms with Gasteiger partial charge in [-0.15, -0.1) is 0 Å². The summed E-state index contributed by atoms with van der Waals surface area (Å²) in [5.74, 6) is 0.0540. The number of pyridine rings is 1. The molecule has 3 aromatic heterocycles. The number of carbonyl (C=O) groups excluding carboxylic acids is 1. The number of aromatic nitrogens is 3. The Kier molecular flexibility index (Phi) is 4.72. The van der Waals surface area contributed by atoms with Crippen molar-refractivity contribution in [2.45, 2.75) is 37.6 Å². The van der Waals surface area contributed by atoms with Crippen LogP contribution in [0.4, 0.5) is 5.13 Å². The number of para-hydroxylation sites is 1. The van der Waals surface area contributed by atoms with Gasteiger partial charge in [-0.25, -0.2) is 4.98 Å². The van der Waals surface area contributed by atoms with Crippen molar-refractivity contribution in [2.24, 2.45) is 0 Å². The first-order valence-electron chi connectivity index (χ1n) is 11.2. The molecule has 6 nitrogen and oxygen atoms in total. The standard InChI is InChI=1S/C25H25N5OS/c31-23(20-14-17-6-1-2-7-18(17)28-20)30-13-9-19-21(15-30)32-24(29-19)27-16-25(10-5-11-25)22-8-3-4-12-26-22/h1-4,6-8,12,14,28H,5,9-11,13,15-16H2,(H,27,29). The molecule has 2 aliphatic rings. The molecule has 0 spiro atoms. The zero-order valence-electron chi connectivity index (χ0n) is 17.8. The number of hydrogen-bond donors (Lipinski definition) is 2. The number of anilines is 1. The second kappa shape index (κ2) is 7.74. The summed E-state index contributed by atoms with van der Waals surface area (Å²) in [6, 6.07) is 16.1. The van der Waals surface area contributed by atoms with Crippen LogP contribution < -0.4 is 5.32 Å². The van der Waals surface area contributed by atoms with Crippen LogP contribution in [0.2, 0.25) is 0 Å². The minimum absolute atomic E-state index is 0.0540. The summed E-state index contributed by atoms with van der Waals surface area (Å²) in [5, 5.41) is 5.62. The first-order chi connectivity index (χ1) is 15.7. The largest absolute Gasteiger partial charge is 0.361 e. The molecule has 0 bridgehead atoms. The molecule has 0 saturated heterocycles. The summed E-state index contributed by atoms with van der Waals surface area (Å²) in [4.78, 5) is 28.9. The average Bonchev–Trinajstić information content (AvgIpc) is 3.42. The van der Waals surface area contributed by atoms with Crippen molar-refractivity contribution >= 4 is 33.3 Å². The molecule has 1 aliphatic carbocycles. The Balaban J connectivity index is 1.15. The van der Waals surface area contributed by atoms with Crippen molar-refractivity contribution in [1.29, 1.82) is 0 Å². The number of hydrogen-bond acceptors (Lipinski definition) is 5. The molecule has 0 atom stereocenters. The molecule has 1 saturated carbocycles. The normalized spacial score (nSPS) is 17.1. The highest BCUT2D eigenvalue weighted by molar-refractivity contribution is 7.15. The fourth-order valence-corrected chi connectivity index (χ4v) is 5.87. The fourth-order valence-electron chi connectivity index (χ4n) is 4.85. The number of benzene rings is 1. The van der Waals surface area contributed by atoms with Crippen molar-refractivity contribution in [2.75, 3.05) is 18.4 Å². The van der Waals surface area contributed by atoms with Crippen LogP contribution >= 0.6 is 11.3 Å². The van der Waals surface area contributed by atoms with Crippen LogP contribution in [-0.2, 0) is 18.4 Å². The Bertz CT molecular complexity index is 1240. The predicted molar refractivity (Wildman–Crippen MR) is 127 cm³/mol. The Morgan fingerprint density at radius 2 is 2.06 bits per heavy atom. The van der Waals surface area contributed by atoms with Gasteiger partial charge in [-0.05, 0) is 37.1 Å². The number of amides is 1. The van der Waals surface area contributed by atoms with Crippen LogP contribution in [0.1, 0.15) is 46.0 Å².